The van der Waals surface area contributed by atoms with Gasteiger partial charge in [-0.05, 0) is 18.0 Å². The molecule has 1 fully saturated rings. The van der Waals surface area contributed by atoms with Crippen LogP contribution in [-0.4, -0.2) is 45.5 Å². The fourth-order valence-electron chi connectivity index (χ4n) is 2.50. The van der Waals surface area contributed by atoms with Crippen LogP contribution in [0.1, 0.15) is 13.3 Å². The molecule has 0 bridgehead atoms. The second-order valence-electron chi connectivity index (χ2n) is 4.65. The highest BCUT2D eigenvalue weighted by Gasteiger charge is 2.26. The second-order valence-corrected chi connectivity index (χ2v) is 4.99. The monoisotopic (exact) mass is 281 g/mol. The quantitative estimate of drug-likeness (QED) is 0.783. The van der Waals surface area contributed by atoms with Crippen molar-refractivity contribution in [2.45, 2.75) is 19.4 Å². The van der Waals surface area contributed by atoms with Gasteiger partial charge in [-0.25, -0.2) is 4.98 Å². The summed E-state index contributed by atoms with van der Waals surface area (Å²) in [5.41, 5.74) is 1.70. The van der Waals surface area contributed by atoms with Crippen LogP contribution in [0.4, 0.5) is 5.82 Å². The lowest BCUT2D eigenvalue weighted by Crippen LogP contribution is -2.45. The normalized spacial score (nSPS) is 20.2. The maximum atomic E-state index is 6.03. The predicted octanol–water partition coefficient (Wildman–Crippen LogP) is 1.63. The molecule has 0 N–H and O–H groups in total. The van der Waals surface area contributed by atoms with E-state index in [-0.39, 0.29) is 5.28 Å². The number of rotatable bonds is 2. The predicted molar refractivity (Wildman–Crippen MR) is 73.6 cm³/mol. The van der Waals surface area contributed by atoms with E-state index in [0.29, 0.717) is 12.6 Å². The number of halogens is 1. The fourth-order valence-corrected chi connectivity index (χ4v) is 2.68. The van der Waals surface area contributed by atoms with Crippen molar-refractivity contribution in [3.63, 3.8) is 0 Å². The molecule has 1 atom stereocenters. The lowest BCUT2D eigenvalue weighted by Gasteiger charge is -2.36. The Morgan fingerprint density at radius 2 is 2.32 bits per heavy atom. The van der Waals surface area contributed by atoms with Crippen molar-refractivity contribution in [3.8, 4) is 0 Å². The maximum Gasteiger partial charge on any atom is 0.225 e. The summed E-state index contributed by atoms with van der Waals surface area (Å²) < 4.78 is 7.33. The summed E-state index contributed by atoms with van der Waals surface area (Å²) in [5.74, 6) is 0.852. The first-order chi connectivity index (χ1) is 9.20. The molecule has 102 valence electrons. The van der Waals surface area contributed by atoms with Gasteiger partial charge >= 0.3 is 0 Å². The zero-order valence-electron chi connectivity index (χ0n) is 11.0. The first-order valence-corrected chi connectivity index (χ1v) is 6.78. The standard InChI is InChI=1S/C12H16ClN5O/c1-3-8-7-19-5-4-18(8)11-10-9(6-14-17(10)2)15-12(13)16-11/h6,8H,3-5,7H2,1-2H3/t8-/m0/s1. The number of aromatic nitrogens is 4. The van der Waals surface area contributed by atoms with Crippen molar-refractivity contribution < 1.29 is 4.74 Å². The van der Waals surface area contributed by atoms with Gasteiger partial charge in [0, 0.05) is 13.6 Å². The minimum absolute atomic E-state index is 0.261. The summed E-state index contributed by atoms with van der Waals surface area (Å²) in [7, 11) is 1.89. The van der Waals surface area contributed by atoms with Crippen LogP contribution < -0.4 is 4.90 Å². The summed E-state index contributed by atoms with van der Waals surface area (Å²) in [5, 5.41) is 4.50. The summed E-state index contributed by atoms with van der Waals surface area (Å²) in [6.45, 7) is 4.39. The van der Waals surface area contributed by atoms with E-state index < -0.39 is 0 Å². The van der Waals surface area contributed by atoms with Crippen LogP contribution in [0.3, 0.4) is 0 Å². The first kappa shape index (κ1) is 12.6. The minimum atomic E-state index is 0.261. The molecule has 0 aromatic carbocycles. The van der Waals surface area contributed by atoms with Crippen LogP contribution in [0, 0.1) is 0 Å². The van der Waals surface area contributed by atoms with Gasteiger partial charge in [-0.1, -0.05) is 6.92 Å². The third-order valence-corrected chi connectivity index (χ3v) is 3.68. The third-order valence-electron chi connectivity index (χ3n) is 3.51. The molecule has 0 radical (unpaired) electrons. The van der Waals surface area contributed by atoms with Crippen LogP contribution in [0.5, 0.6) is 0 Å². The Balaban J connectivity index is 2.14. The first-order valence-electron chi connectivity index (χ1n) is 6.40. The number of nitrogens with zero attached hydrogens (tertiary/aromatic N) is 5. The number of morpholine rings is 1. The number of ether oxygens (including phenoxy) is 1. The Kier molecular flexibility index (Phi) is 3.28. The van der Waals surface area contributed by atoms with E-state index in [2.05, 4.69) is 26.9 Å². The Hall–Kier alpha value is -1.40. The van der Waals surface area contributed by atoms with Crippen LogP contribution in [0.15, 0.2) is 6.20 Å². The summed E-state index contributed by atoms with van der Waals surface area (Å²) in [6, 6.07) is 0.317. The van der Waals surface area contributed by atoms with E-state index in [0.717, 1.165) is 36.4 Å². The largest absolute Gasteiger partial charge is 0.377 e. The lowest BCUT2D eigenvalue weighted by atomic mass is 10.1. The average molecular weight is 282 g/mol. The zero-order chi connectivity index (χ0) is 13.4. The highest BCUT2D eigenvalue weighted by molar-refractivity contribution is 6.28. The van der Waals surface area contributed by atoms with Crippen molar-refractivity contribution >= 4 is 28.5 Å². The van der Waals surface area contributed by atoms with E-state index >= 15 is 0 Å². The van der Waals surface area contributed by atoms with Gasteiger partial charge in [0.05, 0.1) is 25.5 Å². The fraction of sp³-hybridized carbons (Fsp3) is 0.583. The Labute approximate surface area is 116 Å². The maximum absolute atomic E-state index is 6.03. The molecule has 3 rings (SSSR count). The number of hydrogen-bond acceptors (Lipinski definition) is 5. The Morgan fingerprint density at radius 1 is 1.47 bits per heavy atom. The SMILES string of the molecule is CC[C@H]1COCCN1c1nc(Cl)nc2cnn(C)c12. The lowest BCUT2D eigenvalue weighted by molar-refractivity contribution is 0.0927. The highest BCUT2D eigenvalue weighted by Crippen LogP contribution is 2.28. The van der Waals surface area contributed by atoms with Crippen molar-refractivity contribution in [1.29, 1.82) is 0 Å². The summed E-state index contributed by atoms with van der Waals surface area (Å²) in [4.78, 5) is 10.9. The van der Waals surface area contributed by atoms with Gasteiger partial charge in [-0.2, -0.15) is 10.1 Å². The number of anilines is 1. The number of hydrogen-bond donors (Lipinski definition) is 0. The molecule has 2 aromatic rings. The van der Waals surface area contributed by atoms with E-state index in [1.807, 2.05) is 7.05 Å². The molecular weight excluding hydrogens is 266 g/mol. The van der Waals surface area contributed by atoms with Gasteiger partial charge in [0.2, 0.25) is 5.28 Å². The third kappa shape index (κ3) is 2.15. The molecule has 6 nitrogen and oxygen atoms in total. The van der Waals surface area contributed by atoms with Gasteiger partial charge in [0.15, 0.2) is 5.82 Å². The van der Waals surface area contributed by atoms with Gasteiger partial charge in [-0.15, -0.1) is 0 Å². The molecule has 19 heavy (non-hydrogen) atoms. The molecule has 0 saturated carbocycles. The van der Waals surface area contributed by atoms with Gasteiger partial charge in [0.25, 0.3) is 0 Å². The molecule has 7 heteroatoms. The smallest absolute Gasteiger partial charge is 0.225 e. The minimum Gasteiger partial charge on any atom is -0.377 e. The molecule has 1 saturated heterocycles. The van der Waals surface area contributed by atoms with E-state index in [1.165, 1.54) is 0 Å². The van der Waals surface area contributed by atoms with Crippen LogP contribution in [-0.2, 0) is 11.8 Å². The molecule has 0 amide bonds. The van der Waals surface area contributed by atoms with E-state index in [9.17, 15) is 0 Å². The highest BCUT2D eigenvalue weighted by atomic mass is 35.5. The van der Waals surface area contributed by atoms with Crippen LogP contribution >= 0.6 is 11.6 Å². The molecular formula is C12H16ClN5O. The molecule has 0 spiro atoms. The van der Waals surface area contributed by atoms with Gasteiger partial charge < -0.3 is 9.64 Å². The number of aryl methyl sites for hydroxylation is 1. The molecule has 2 aromatic heterocycles. The van der Waals surface area contributed by atoms with E-state index in [4.69, 9.17) is 16.3 Å². The van der Waals surface area contributed by atoms with Crippen molar-refractivity contribution in [3.05, 3.63) is 11.5 Å². The second kappa shape index (κ2) is 4.94. The van der Waals surface area contributed by atoms with Crippen molar-refractivity contribution in [2.24, 2.45) is 7.05 Å². The van der Waals surface area contributed by atoms with E-state index in [1.54, 1.807) is 10.9 Å². The summed E-state index contributed by atoms with van der Waals surface area (Å²) >= 11 is 6.03. The van der Waals surface area contributed by atoms with Gasteiger partial charge in [0.1, 0.15) is 11.0 Å². The number of fused-ring (bicyclic) bond motifs is 1. The van der Waals surface area contributed by atoms with Crippen LogP contribution in [0.2, 0.25) is 5.28 Å². The summed E-state index contributed by atoms with van der Waals surface area (Å²) in [6.07, 6.45) is 2.72. The van der Waals surface area contributed by atoms with Crippen molar-refractivity contribution in [1.82, 2.24) is 19.7 Å². The van der Waals surface area contributed by atoms with Crippen LogP contribution in [0.25, 0.3) is 11.0 Å². The molecule has 1 aliphatic heterocycles. The Bertz CT molecular complexity index is 599. The molecule has 1 aliphatic rings. The van der Waals surface area contributed by atoms with Crippen molar-refractivity contribution in [2.75, 3.05) is 24.7 Å². The molecule has 0 aliphatic carbocycles. The Morgan fingerprint density at radius 3 is 3.11 bits per heavy atom. The average Bonchev–Trinajstić information content (AvgIpc) is 2.79. The molecule has 3 heterocycles. The molecule has 0 unspecified atom stereocenters. The van der Waals surface area contributed by atoms with Gasteiger partial charge in [-0.3, -0.25) is 4.68 Å². The topological polar surface area (TPSA) is 56.1 Å². The zero-order valence-corrected chi connectivity index (χ0v) is 11.8.